The number of ether oxygens (including phenoxy) is 1. The van der Waals surface area contributed by atoms with Crippen molar-refractivity contribution in [1.82, 2.24) is 19.9 Å². The average Bonchev–Trinajstić information content (AvgIpc) is 3.59. The topological polar surface area (TPSA) is 51.1 Å². The first-order valence-electron chi connectivity index (χ1n) is 10.1. The lowest BCUT2D eigenvalue weighted by Gasteiger charge is -2.28. The maximum atomic E-state index is 5.49. The summed E-state index contributed by atoms with van der Waals surface area (Å²) in [6, 6.07) is 10.2. The van der Waals surface area contributed by atoms with Crippen LogP contribution in [0.15, 0.2) is 47.2 Å². The molecule has 1 saturated carbocycles. The summed E-state index contributed by atoms with van der Waals surface area (Å²) in [4.78, 5) is 16.6. The van der Waals surface area contributed by atoms with Crippen LogP contribution in [0.25, 0.3) is 11.3 Å². The summed E-state index contributed by atoms with van der Waals surface area (Å²) in [6.07, 6.45) is 7.51. The molecule has 29 heavy (non-hydrogen) atoms. The summed E-state index contributed by atoms with van der Waals surface area (Å²) in [5.74, 6) is 2.50. The highest BCUT2D eigenvalue weighted by atomic mass is 79.9. The van der Waals surface area contributed by atoms with Crippen molar-refractivity contribution in [2.75, 3.05) is 13.7 Å². The molecule has 6 heteroatoms. The Bertz CT molecular complexity index is 1030. The van der Waals surface area contributed by atoms with Crippen LogP contribution >= 0.6 is 15.9 Å². The zero-order valence-corrected chi connectivity index (χ0v) is 18.0. The fraction of sp³-hybridized carbons (Fsp3) is 0.348. The Labute approximate surface area is 179 Å². The van der Waals surface area contributed by atoms with Crippen molar-refractivity contribution >= 4 is 15.9 Å². The van der Waals surface area contributed by atoms with Gasteiger partial charge in [-0.3, -0.25) is 9.88 Å². The van der Waals surface area contributed by atoms with E-state index in [1.807, 2.05) is 30.6 Å². The minimum absolute atomic E-state index is 0.617. The number of benzene rings is 1. The van der Waals surface area contributed by atoms with Crippen molar-refractivity contribution < 1.29 is 4.74 Å². The Morgan fingerprint density at radius 1 is 1.14 bits per heavy atom. The lowest BCUT2D eigenvalue weighted by Crippen LogP contribution is -2.31. The Hall–Kier alpha value is -2.31. The van der Waals surface area contributed by atoms with Crippen molar-refractivity contribution in [3.8, 4) is 17.0 Å². The van der Waals surface area contributed by atoms with E-state index in [1.165, 1.54) is 29.7 Å². The highest BCUT2D eigenvalue weighted by Gasteiger charge is 2.28. The molecular weight excluding hydrogens is 428 g/mol. The fourth-order valence-electron chi connectivity index (χ4n) is 3.88. The van der Waals surface area contributed by atoms with Gasteiger partial charge >= 0.3 is 0 Å². The standard InChI is InChI=1S/C23H23BrN4O/c1-29-22-7-5-18(24)10-19(22)21-6-2-15(11-25-21)13-28-9-8-20-17(14-28)12-26-23(27-20)16-3-4-16/h2,5-7,10-12,16H,3-4,8-9,13-14H2,1H3. The molecule has 2 aromatic heterocycles. The quantitative estimate of drug-likeness (QED) is 0.561. The highest BCUT2D eigenvalue weighted by Crippen LogP contribution is 2.38. The van der Waals surface area contributed by atoms with Gasteiger partial charge in [0.1, 0.15) is 11.6 Å². The SMILES string of the molecule is COc1ccc(Br)cc1-c1ccc(CN2CCc3nc(C4CC4)ncc3C2)cn1. The Balaban J connectivity index is 1.29. The third-order valence-corrected chi connectivity index (χ3v) is 6.14. The van der Waals surface area contributed by atoms with Crippen LogP contribution in [0.1, 0.15) is 41.4 Å². The van der Waals surface area contributed by atoms with Crippen LogP contribution in [0.4, 0.5) is 0 Å². The third-order valence-electron chi connectivity index (χ3n) is 5.64. The lowest BCUT2D eigenvalue weighted by molar-refractivity contribution is 0.242. The molecule has 0 bridgehead atoms. The van der Waals surface area contributed by atoms with E-state index in [-0.39, 0.29) is 0 Å². The molecule has 0 atom stereocenters. The number of methoxy groups -OCH3 is 1. The van der Waals surface area contributed by atoms with Crippen molar-refractivity contribution in [3.05, 3.63) is 69.8 Å². The number of halogens is 1. The second-order valence-corrected chi connectivity index (χ2v) is 8.75. The molecule has 1 aliphatic heterocycles. The van der Waals surface area contributed by atoms with Crippen LogP contribution in [0, 0.1) is 0 Å². The normalized spacial score (nSPS) is 16.5. The molecule has 1 fully saturated rings. The minimum atomic E-state index is 0.617. The predicted molar refractivity (Wildman–Crippen MR) is 116 cm³/mol. The number of nitrogens with zero attached hydrogens (tertiary/aromatic N) is 4. The minimum Gasteiger partial charge on any atom is -0.496 e. The van der Waals surface area contributed by atoms with Crippen molar-refractivity contribution in [2.24, 2.45) is 0 Å². The van der Waals surface area contributed by atoms with Gasteiger partial charge in [-0.1, -0.05) is 22.0 Å². The first-order chi connectivity index (χ1) is 14.2. The molecule has 5 nitrogen and oxygen atoms in total. The number of fused-ring (bicyclic) bond motifs is 1. The van der Waals surface area contributed by atoms with Crippen LogP contribution < -0.4 is 4.74 Å². The molecular formula is C23H23BrN4O. The smallest absolute Gasteiger partial charge is 0.131 e. The van der Waals surface area contributed by atoms with Crippen molar-refractivity contribution in [2.45, 2.75) is 38.3 Å². The second kappa shape index (κ2) is 7.84. The molecule has 5 rings (SSSR count). The van der Waals surface area contributed by atoms with Crippen molar-refractivity contribution in [3.63, 3.8) is 0 Å². The molecule has 1 aromatic carbocycles. The van der Waals surface area contributed by atoms with Gasteiger partial charge in [0.05, 0.1) is 12.8 Å². The van der Waals surface area contributed by atoms with Crippen LogP contribution in [0.3, 0.4) is 0 Å². The van der Waals surface area contributed by atoms with E-state index in [2.05, 4.69) is 37.9 Å². The molecule has 0 radical (unpaired) electrons. The summed E-state index contributed by atoms with van der Waals surface area (Å²) in [6.45, 7) is 2.81. The summed E-state index contributed by atoms with van der Waals surface area (Å²) < 4.78 is 6.50. The second-order valence-electron chi connectivity index (χ2n) is 7.83. The number of hydrogen-bond donors (Lipinski definition) is 0. The number of rotatable bonds is 5. The predicted octanol–water partition coefficient (Wildman–Crippen LogP) is 4.75. The molecule has 3 heterocycles. The van der Waals surface area contributed by atoms with Crippen LogP contribution in [0.2, 0.25) is 0 Å². The fourth-order valence-corrected chi connectivity index (χ4v) is 4.24. The summed E-state index contributed by atoms with van der Waals surface area (Å²) in [5.41, 5.74) is 5.62. The van der Waals surface area contributed by atoms with Gasteiger partial charge in [0, 0.05) is 65.7 Å². The van der Waals surface area contributed by atoms with Crippen molar-refractivity contribution in [1.29, 1.82) is 0 Å². The first kappa shape index (κ1) is 18.7. The number of hydrogen-bond acceptors (Lipinski definition) is 5. The van der Waals surface area contributed by atoms with Gasteiger partial charge in [-0.2, -0.15) is 0 Å². The van der Waals surface area contributed by atoms with Gasteiger partial charge in [-0.25, -0.2) is 9.97 Å². The zero-order valence-electron chi connectivity index (χ0n) is 16.4. The van der Waals surface area contributed by atoms with E-state index in [4.69, 9.17) is 14.7 Å². The zero-order chi connectivity index (χ0) is 19.8. The van der Waals surface area contributed by atoms with Gasteiger partial charge < -0.3 is 4.74 Å². The Morgan fingerprint density at radius 3 is 2.79 bits per heavy atom. The summed E-state index contributed by atoms with van der Waals surface area (Å²) in [5, 5.41) is 0. The van der Waals surface area contributed by atoms with Crippen LogP contribution in [0.5, 0.6) is 5.75 Å². The summed E-state index contributed by atoms with van der Waals surface area (Å²) in [7, 11) is 1.69. The largest absolute Gasteiger partial charge is 0.496 e. The molecule has 0 unspecified atom stereocenters. The maximum Gasteiger partial charge on any atom is 0.131 e. The van der Waals surface area contributed by atoms with Gasteiger partial charge in [-0.05, 0) is 42.7 Å². The molecule has 1 aliphatic carbocycles. The maximum absolute atomic E-state index is 5.49. The third kappa shape index (κ3) is 4.05. The number of pyridine rings is 1. The average molecular weight is 451 g/mol. The van der Waals surface area contributed by atoms with Crippen LogP contribution in [-0.2, 0) is 19.5 Å². The van der Waals surface area contributed by atoms with E-state index in [0.717, 1.165) is 53.4 Å². The lowest BCUT2D eigenvalue weighted by atomic mass is 10.1. The van der Waals surface area contributed by atoms with E-state index in [1.54, 1.807) is 7.11 Å². The monoisotopic (exact) mass is 450 g/mol. The molecule has 148 valence electrons. The van der Waals surface area contributed by atoms with Gasteiger partial charge in [0.2, 0.25) is 0 Å². The highest BCUT2D eigenvalue weighted by molar-refractivity contribution is 9.10. The van der Waals surface area contributed by atoms with Crippen LogP contribution in [-0.4, -0.2) is 33.5 Å². The molecule has 0 amide bonds. The summed E-state index contributed by atoms with van der Waals surface area (Å²) >= 11 is 3.53. The Morgan fingerprint density at radius 2 is 2.03 bits per heavy atom. The van der Waals surface area contributed by atoms with E-state index < -0.39 is 0 Å². The van der Waals surface area contributed by atoms with Gasteiger partial charge in [0.15, 0.2) is 0 Å². The number of aromatic nitrogens is 3. The first-order valence-corrected chi connectivity index (χ1v) is 10.8. The molecule has 0 spiro atoms. The molecule has 3 aromatic rings. The van der Waals surface area contributed by atoms with Gasteiger partial charge in [-0.15, -0.1) is 0 Å². The van der Waals surface area contributed by atoms with E-state index >= 15 is 0 Å². The molecule has 0 saturated heterocycles. The van der Waals surface area contributed by atoms with Gasteiger partial charge in [0.25, 0.3) is 0 Å². The molecule has 2 aliphatic rings. The van der Waals surface area contributed by atoms with E-state index in [0.29, 0.717) is 5.92 Å². The Kier molecular flexibility index (Phi) is 5.06. The molecule has 0 N–H and O–H groups in total. The van der Waals surface area contributed by atoms with E-state index in [9.17, 15) is 0 Å².